The molecule has 5 unspecified atom stereocenters. The zero-order valence-corrected chi connectivity index (χ0v) is 23.8. The number of rotatable bonds is 11. The number of carbonyl (C=O) groups excluding carboxylic acids is 4. The molecule has 0 saturated carbocycles. The molecule has 0 aliphatic carbocycles. The van der Waals surface area contributed by atoms with Gasteiger partial charge in [0.05, 0.1) is 12.1 Å². The molecule has 0 radical (unpaired) electrons. The number of aliphatic hydroxyl groups is 1. The molecule has 0 fully saturated rings. The zero-order chi connectivity index (χ0) is 29.3. The van der Waals surface area contributed by atoms with Crippen LogP contribution < -0.4 is 21.3 Å². The zero-order valence-electron chi connectivity index (χ0n) is 23.8. The Labute approximate surface area is 231 Å². The molecule has 2 aromatic rings. The van der Waals surface area contributed by atoms with Gasteiger partial charge in [-0.15, -0.1) is 0 Å². The van der Waals surface area contributed by atoms with Crippen LogP contribution in [-0.2, 0) is 14.4 Å². The Kier molecular flexibility index (Phi) is 11.2. The van der Waals surface area contributed by atoms with Crippen LogP contribution in [0.3, 0.4) is 0 Å². The van der Waals surface area contributed by atoms with E-state index in [9.17, 15) is 24.3 Å². The Balaban J connectivity index is 2.04. The molecule has 2 aromatic carbocycles. The average molecular weight is 539 g/mol. The van der Waals surface area contributed by atoms with Crippen molar-refractivity contribution in [3.05, 3.63) is 71.8 Å². The van der Waals surface area contributed by atoms with Crippen LogP contribution in [0.1, 0.15) is 70.4 Å². The molecule has 0 aliphatic rings. The Hall–Kier alpha value is -3.72. The van der Waals surface area contributed by atoms with Gasteiger partial charge in [0.15, 0.2) is 6.10 Å². The molecule has 0 aromatic heterocycles. The Morgan fingerprint density at radius 1 is 0.692 bits per heavy atom. The van der Waals surface area contributed by atoms with E-state index in [1.54, 1.807) is 44.2 Å². The highest BCUT2D eigenvalue weighted by Crippen LogP contribution is 2.20. The number of benzene rings is 2. The monoisotopic (exact) mass is 538 g/mol. The van der Waals surface area contributed by atoms with Crippen LogP contribution in [0.5, 0.6) is 0 Å². The molecule has 9 nitrogen and oxygen atoms in total. The summed E-state index contributed by atoms with van der Waals surface area (Å²) in [4.78, 5) is 51.7. The van der Waals surface area contributed by atoms with Gasteiger partial charge in [-0.25, -0.2) is 0 Å². The Morgan fingerprint density at radius 3 is 1.74 bits per heavy atom. The molecule has 5 atom stereocenters. The normalized spacial score (nSPS) is 15.3. The average Bonchev–Trinajstić information content (AvgIpc) is 2.89. The van der Waals surface area contributed by atoms with Crippen LogP contribution in [0, 0.1) is 11.3 Å². The third-order valence-corrected chi connectivity index (χ3v) is 6.49. The highest BCUT2D eigenvalue weighted by atomic mass is 16.3. The fourth-order valence-corrected chi connectivity index (χ4v) is 4.03. The topological polar surface area (TPSA) is 137 Å². The van der Waals surface area contributed by atoms with E-state index in [4.69, 9.17) is 0 Å². The lowest BCUT2D eigenvalue weighted by Gasteiger charge is -2.32. The predicted octanol–water partition coefficient (Wildman–Crippen LogP) is 2.71. The van der Waals surface area contributed by atoms with Crippen LogP contribution in [0.15, 0.2) is 60.7 Å². The summed E-state index contributed by atoms with van der Waals surface area (Å²) in [7, 11) is 0. The van der Waals surface area contributed by atoms with E-state index >= 15 is 0 Å². The van der Waals surface area contributed by atoms with E-state index in [1.165, 1.54) is 6.92 Å². The third-order valence-electron chi connectivity index (χ3n) is 6.49. The molecule has 39 heavy (non-hydrogen) atoms. The van der Waals surface area contributed by atoms with Crippen molar-refractivity contribution in [1.82, 2.24) is 21.3 Å². The summed E-state index contributed by atoms with van der Waals surface area (Å²) >= 11 is 0. The summed E-state index contributed by atoms with van der Waals surface area (Å²) in [5.74, 6) is -2.38. The molecule has 0 aliphatic heterocycles. The fraction of sp³-hybridized carbons (Fsp3) is 0.467. The first-order chi connectivity index (χ1) is 18.2. The van der Waals surface area contributed by atoms with Gasteiger partial charge < -0.3 is 26.4 Å². The molecule has 4 amide bonds. The maximum atomic E-state index is 13.2. The van der Waals surface area contributed by atoms with Crippen molar-refractivity contribution >= 4 is 23.6 Å². The highest BCUT2D eigenvalue weighted by Gasteiger charge is 2.36. The van der Waals surface area contributed by atoms with Crippen molar-refractivity contribution in [2.75, 3.05) is 0 Å². The van der Waals surface area contributed by atoms with Crippen LogP contribution in [-0.4, -0.2) is 53.0 Å². The molecular formula is C30H42N4O5. The summed E-state index contributed by atoms with van der Waals surface area (Å²) < 4.78 is 0. The first kappa shape index (κ1) is 31.5. The second-order valence-corrected chi connectivity index (χ2v) is 11.2. The van der Waals surface area contributed by atoms with Gasteiger partial charge in [-0.1, -0.05) is 83.1 Å². The molecule has 0 bridgehead atoms. The lowest BCUT2D eigenvalue weighted by atomic mass is 9.85. The fourth-order valence-electron chi connectivity index (χ4n) is 4.03. The predicted molar refractivity (Wildman–Crippen MR) is 151 cm³/mol. The quantitative estimate of drug-likeness (QED) is 0.300. The second-order valence-electron chi connectivity index (χ2n) is 11.2. The van der Waals surface area contributed by atoms with Crippen LogP contribution in [0.4, 0.5) is 0 Å². The van der Waals surface area contributed by atoms with Crippen LogP contribution in [0.2, 0.25) is 0 Å². The lowest BCUT2D eigenvalue weighted by Crippen LogP contribution is -2.59. The summed E-state index contributed by atoms with van der Waals surface area (Å²) in [5.41, 5.74) is 0.654. The number of nitrogens with one attached hydrogen (secondary N) is 4. The van der Waals surface area contributed by atoms with Crippen LogP contribution >= 0.6 is 0 Å². The summed E-state index contributed by atoms with van der Waals surface area (Å²) in [5, 5.41) is 21.7. The Morgan fingerprint density at radius 2 is 1.23 bits per heavy atom. The minimum atomic E-state index is -1.50. The smallest absolute Gasteiger partial charge is 0.251 e. The lowest BCUT2D eigenvalue weighted by molar-refractivity contribution is -0.135. The van der Waals surface area contributed by atoms with E-state index in [0.717, 1.165) is 5.56 Å². The van der Waals surface area contributed by atoms with Crippen molar-refractivity contribution < 1.29 is 24.3 Å². The van der Waals surface area contributed by atoms with Crippen molar-refractivity contribution in [3.63, 3.8) is 0 Å². The van der Waals surface area contributed by atoms with Gasteiger partial charge in [0.2, 0.25) is 11.8 Å². The second kappa shape index (κ2) is 13.9. The number of carbonyl (C=O) groups is 4. The maximum absolute atomic E-state index is 13.2. The van der Waals surface area contributed by atoms with Crippen molar-refractivity contribution in [2.24, 2.45) is 11.3 Å². The van der Waals surface area contributed by atoms with E-state index < -0.39 is 53.3 Å². The van der Waals surface area contributed by atoms with Gasteiger partial charge in [0, 0.05) is 5.56 Å². The maximum Gasteiger partial charge on any atom is 0.251 e. The van der Waals surface area contributed by atoms with Gasteiger partial charge in [0.25, 0.3) is 11.8 Å². The van der Waals surface area contributed by atoms with E-state index in [1.807, 2.05) is 58.0 Å². The van der Waals surface area contributed by atoms with Gasteiger partial charge in [-0.3, -0.25) is 19.2 Å². The first-order valence-corrected chi connectivity index (χ1v) is 13.2. The van der Waals surface area contributed by atoms with E-state index in [2.05, 4.69) is 21.3 Å². The highest BCUT2D eigenvalue weighted by molar-refractivity contribution is 5.98. The largest absolute Gasteiger partial charge is 0.381 e. The third kappa shape index (κ3) is 9.21. The van der Waals surface area contributed by atoms with E-state index in [0.29, 0.717) is 5.56 Å². The molecule has 212 valence electrons. The van der Waals surface area contributed by atoms with Crippen molar-refractivity contribution in [3.8, 4) is 0 Å². The molecule has 2 rings (SSSR count). The van der Waals surface area contributed by atoms with Gasteiger partial charge >= 0.3 is 0 Å². The van der Waals surface area contributed by atoms with Gasteiger partial charge in [-0.2, -0.15) is 0 Å². The minimum absolute atomic E-state index is 0.280. The number of hydrogen-bond acceptors (Lipinski definition) is 5. The molecule has 0 saturated heterocycles. The molecule has 0 heterocycles. The molecule has 0 spiro atoms. The Bertz CT molecular complexity index is 1120. The van der Waals surface area contributed by atoms with Crippen LogP contribution in [0.25, 0.3) is 0 Å². The summed E-state index contributed by atoms with van der Waals surface area (Å²) in [6.07, 6.45) is -1.50. The minimum Gasteiger partial charge on any atom is -0.381 e. The van der Waals surface area contributed by atoms with Gasteiger partial charge in [-0.05, 0) is 42.9 Å². The van der Waals surface area contributed by atoms with Crippen molar-refractivity contribution in [2.45, 2.75) is 78.7 Å². The van der Waals surface area contributed by atoms with E-state index in [-0.39, 0.29) is 12.0 Å². The standard InChI is InChI=1S/C30H42N4O5/c1-18(2)23(24(35)28(38)31-19(3)21-14-10-8-11-15-21)33-26(36)20(4)32-29(39)25(30(5,6)7)34-27(37)22-16-12-9-13-17-22/h8-20,23-25,35H,1-7H3,(H,31,38)(H,32,39)(H,33,36)(H,34,37). The molecule has 9 heteroatoms. The van der Waals surface area contributed by atoms with Gasteiger partial charge in [0.1, 0.15) is 12.1 Å². The molecular weight excluding hydrogens is 496 g/mol. The SMILES string of the molecule is CC(NC(=O)C(NC(=O)c1ccccc1)C(C)(C)C)C(=O)NC(C(C)C)C(O)C(=O)NC(C)c1ccccc1. The first-order valence-electron chi connectivity index (χ1n) is 13.2. The summed E-state index contributed by atoms with van der Waals surface area (Å²) in [6.45, 7) is 12.3. The number of amides is 4. The van der Waals surface area contributed by atoms with Crippen molar-refractivity contribution in [1.29, 1.82) is 0 Å². The number of aliphatic hydroxyl groups excluding tert-OH is 1. The molecule has 5 N–H and O–H groups in total. The number of hydrogen-bond donors (Lipinski definition) is 5. The summed E-state index contributed by atoms with van der Waals surface area (Å²) in [6, 6.07) is 14.8.